The Labute approximate surface area is 75.3 Å². The van der Waals surface area contributed by atoms with Crippen LogP contribution in [0.3, 0.4) is 0 Å². The first kappa shape index (κ1) is 8.52. The number of hydrogen-bond acceptors (Lipinski definition) is 2. The zero-order valence-electron chi connectivity index (χ0n) is 8.05. The molecule has 1 saturated carbocycles. The molecule has 2 aliphatic rings. The highest BCUT2D eigenvalue weighted by atomic mass is 15.5. The van der Waals surface area contributed by atoms with E-state index in [1.54, 1.807) is 0 Å². The van der Waals surface area contributed by atoms with Gasteiger partial charge in [0.2, 0.25) is 0 Å². The Morgan fingerprint density at radius 2 is 1.58 bits per heavy atom. The summed E-state index contributed by atoms with van der Waals surface area (Å²) in [7, 11) is 2.05. The van der Waals surface area contributed by atoms with Gasteiger partial charge in [-0.3, -0.25) is 5.43 Å². The highest BCUT2D eigenvalue weighted by Crippen LogP contribution is 2.33. The summed E-state index contributed by atoms with van der Waals surface area (Å²) >= 11 is 0. The topological polar surface area (TPSA) is 15.3 Å². The molecular weight excluding hydrogens is 148 g/mol. The van der Waals surface area contributed by atoms with Gasteiger partial charge in [0, 0.05) is 13.1 Å². The minimum absolute atomic E-state index is 1.000. The van der Waals surface area contributed by atoms with Crippen molar-refractivity contribution >= 4 is 0 Å². The quantitative estimate of drug-likeness (QED) is 0.640. The Morgan fingerprint density at radius 3 is 2.08 bits per heavy atom. The molecule has 0 aromatic carbocycles. The van der Waals surface area contributed by atoms with Crippen molar-refractivity contribution in [2.24, 2.45) is 11.8 Å². The van der Waals surface area contributed by atoms with Crippen LogP contribution in [0.2, 0.25) is 0 Å². The van der Waals surface area contributed by atoms with E-state index in [9.17, 15) is 0 Å². The molecule has 0 aromatic heterocycles. The first-order chi connectivity index (χ1) is 5.90. The van der Waals surface area contributed by atoms with Crippen molar-refractivity contribution in [3.8, 4) is 0 Å². The van der Waals surface area contributed by atoms with Crippen molar-refractivity contribution in [1.82, 2.24) is 10.4 Å². The van der Waals surface area contributed by atoms with Gasteiger partial charge in [-0.15, -0.1) is 0 Å². The van der Waals surface area contributed by atoms with Crippen LogP contribution in [0.1, 0.15) is 32.1 Å². The molecular formula is C10H20N2. The molecule has 1 saturated heterocycles. The molecule has 1 N–H and O–H groups in total. The predicted molar refractivity (Wildman–Crippen MR) is 50.7 cm³/mol. The minimum Gasteiger partial charge on any atom is -0.258 e. The van der Waals surface area contributed by atoms with E-state index in [1.807, 2.05) is 7.05 Å². The van der Waals surface area contributed by atoms with Crippen molar-refractivity contribution in [1.29, 1.82) is 0 Å². The zero-order valence-corrected chi connectivity index (χ0v) is 8.05. The van der Waals surface area contributed by atoms with Gasteiger partial charge in [0.1, 0.15) is 0 Å². The summed E-state index contributed by atoms with van der Waals surface area (Å²) in [6.45, 7) is 2.59. The molecule has 1 unspecified atom stereocenters. The van der Waals surface area contributed by atoms with Crippen LogP contribution in [0.15, 0.2) is 0 Å². The van der Waals surface area contributed by atoms with Crippen LogP contribution in [-0.2, 0) is 0 Å². The maximum absolute atomic E-state index is 3.27. The van der Waals surface area contributed by atoms with Crippen LogP contribution in [0.25, 0.3) is 0 Å². The highest BCUT2D eigenvalue weighted by molar-refractivity contribution is 4.83. The van der Waals surface area contributed by atoms with Gasteiger partial charge in [-0.25, -0.2) is 5.01 Å². The lowest BCUT2D eigenvalue weighted by Crippen LogP contribution is -2.32. The Bertz CT molecular complexity index is 133. The van der Waals surface area contributed by atoms with Gasteiger partial charge in [-0.05, 0) is 31.7 Å². The first-order valence-electron chi connectivity index (χ1n) is 5.32. The molecule has 2 heteroatoms. The molecule has 0 aromatic rings. The van der Waals surface area contributed by atoms with Crippen LogP contribution in [0, 0.1) is 11.8 Å². The van der Waals surface area contributed by atoms with E-state index in [2.05, 4.69) is 10.4 Å². The number of nitrogens with one attached hydrogen (secondary N) is 1. The van der Waals surface area contributed by atoms with Gasteiger partial charge in [0.25, 0.3) is 0 Å². The van der Waals surface area contributed by atoms with Gasteiger partial charge < -0.3 is 0 Å². The smallest absolute Gasteiger partial charge is 0.0162 e. The van der Waals surface area contributed by atoms with Gasteiger partial charge in [-0.1, -0.05) is 19.3 Å². The lowest BCUT2D eigenvalue weighted by Gasteiger charge is -2.13. The fraction of sp³-hybridized carbons (Fsp3) is 1.00. The van der Waals surface area contributed by atoms with E-state index in [0.717, 1.165) is 11.8 Å². The zero-order chi connectivity index (χ0) is 8.39. The highest BCUT2D eigenvalue weighted by Gasteiger charge is 2.32. The van der Waals surface area contributed by atoms with Gasteiger partial charge >= 0.3 is 0 Å². The third kappa shape index (κ3) is 1.64. The number of fused-ring (bicyclic) bond motifs is 1. The molecule has 12 heavy (non-hydrogen) atoms. The molecule has 0 spiro atoms. The second kappa shape index (κ2) is 3.75. The van der Waals surface area contributed by atoms with Gasteiger partial charge in [0.05, 0.1) is 0 Å². The molecule has 0 amide bonds. The van der Waals surface area contributed by atoms with Crippen molar-refractivity contribution in [3.63, 3.8) is 0 Å². The summed E-state index contributed by atoms with van der Waals surface area (Å²) in [5.41, 5.74) is 3.27. The monoisotopic (exact) mass is 168 g/mol. The molecule has 2 atom stereocenters. The average Bonchev–Trinajstić information content (AvgIpc) is 2.37. The Morgan fingerprint density at radius 1 is 1.00 bits per heavy atom. The van der Waals surface area contributed by atoms with E-state index in [-0.39, 0.29) is 0 Å². The Kier molecular flexibility index (Phi) is 2.66. The van der Waals surface area contributed by atoms with Crippen molar-refractivity contribution in [2.75, 3.05) is 20.1 Å². The van der Waals surface area contributed by atoms with Gasteiger partial charge in [0.15, 0.2) is 0 Å². The maximum atomic E-state index is 3.27. The summed E-state index contributed by atoms with van der Waals surface area (Å²) in [5, 5.41) is 2.39. The van der Waals surface area contributed by atoms with Crippen molar-refractivity contribution in [2.45, 2.75) is 32.1 Å². The third-order valence-electron chi connectivity index (χ3n) is 3.54. The molecule has 2 fully saturated rings. The lowest BCUT2D eigenvalue weighted by atomic mass is 9.92. The largest absolute Gasteiger partial charge is 0.258 e. The van der Waals surface area contributed by atoms with Crippen molar-refractivity contribution in [3.05, 3.63) is 0 Å². The second-order valence-electron chi connectivity index (χ2n) is 4.29. The average molecular weight is 168 g/mol. The molecule has 0 radical (unpaired) electrons. The number of nitrogens with zero attached hydrogens (tertiary/aromatic N) is 1. The van der Waals surface area contributed by atoms with E-state index in [4.69, 9.17) is 0 Å². The number of hydrazine groups is 1. The van der Waals surface area contributed by atoms with E-state index < -0.39 is 0 Å². The SMILES string of the molecule is CNN1CC2CCCCC[C@H]2C1. The third-order valence-corrected chi connectivity index (χ3v) is 3.54. The van der Waals surface area contributed by atoms with Crippen molar-refractivity contribution < 1.29 is 0 Å². The normalized spacial score (nSPS) is 37.8. The lowest BCUT2D eigenvalue weighted by molar-refractivity contribution is 0.243. The summed E-state index contributed by atoms with van der Waals surface area (Å²) in [6.07, 6.45) is 7.37. The van der Waals surface area contributed by atoms with E-state index in [1.165, 1.54) is 45.2 Å². The van der Waals surface area contributed by atoms with Crippen LogP contribution in [0.4, 0.5) is 0 Å². The standard InChI is InChI=1S/C10H20N2/c1-11-12-7-9-5-3-2-4-6-10(9)8-12/h9-11H,2-8H2,1H3/t9-,10?/m0/s1. The molecule has 1 heterocycles. The maximum Gasteiger partial charge on any atom is 0.0162 e. The second-order valence-corrected chi connectivity index (χ2v) is 4.29. The van der Waals surface area contributed by atoms with Crippen LogP contribution in [-0.4, -0.2) is 25.1 Å². The molecule has 1 aliphatic heterocycles. The fourth-order valence-corrected chi connectivity index (χ4v) is 2.77. The summed E-state index contributed by atoms with van der Waals surface area (Å²) in [4.78, 5) is 0. The van der Waals surface area contributed by atoms with Crippen LogP contribution in [0.5, 0.6) is 0 Å². The predicted octanol–water partition coefficient (Wildman–Crippen LogP) is 1.63. The van der Waals surface area contributed by atoms with E-state index >= 15 is 0 Å². The number of rotatable bonds is 1. The molecule has 2 rings (SSSR count). The summed E-state index contributed by atoms with van der Waals surface area (Å²) in [6, 6.07) is 0. The molecule has 2 nitrogen and oxygen atoms in total. The minimum atomic E-state index is 1.000. The van der Waals surface area contributed by atoms with Gasteiger partial charge in [-0.2, -0.15) is 0 Å². The summed E-state index contributed by atoms with van der Waals surface area (Å²) < 4.78 is 0. The Hall–Kier alpha value is -0.0800. The fourth-order valence-electron chi connectivity index (χ4n) is 2.77. The van der Waals surface area contributed by atoms with Crippen LogP contribution >= 0.6 is 0 Å². The van der Waals surface area contributed by atoms with Crippen LogP contribution < -0.4 is 5.43 Å². The summed E-state index contributed by atoms with van der Waals surface area (Å²) in [5.74, 6) is 2.00. The Balaban J connectivity index is 1.92. The van der Waals surface area contributed by atoms with E-state index in [0.29, 0.717) is 0 Å². The number of hydrogen-bond donors (Lipinski definition) is 1. The first-order valence-corrected chi connectivity index (χ1v) is 5.32. The molecule has 0 bridgehead atoms. The molecule has 1 aliphatic carbocycles. The molecule has 70 valence electrons.